The molecule has 0 amide bonds. The Kier molecular flexibility index (Phi) is 3.27. The first kappa shape index (κ1) is 11.2. The number of hydrogen-bond donors (Lipinski definition) is 1. The summed E-state index contributed by atoms with van der Waals surface area (Å²) in [4.78, 5) is 4.30. The maximum absolute atomic E-state index is 6.06. The van der Waals surface area contributed by atoms with Crippen LogP contribution in [0.3, 0.4) is 0 Å². The van der Waals surface area contributed by atoms with E-state index in [9.17, 15) is 0 Å². The molecule has 0 aliphatic heterocycles. The van der Waals surface area contributed by atoms with Crippen LogP contribution in [0.5, 0.6) is 0 Å². The largest absolute Gasteiger partial charge is 0.453 e. The summed E-state index contributed by atoms with van der Waals surface area (Å²) in [7, 11) is 0. The van der Waals surface area contributed by atoms with E-state index in [1.165, 1.54) is 0 Å². The molecular weight excluding hydrogens is 224 g/mol. The van der Waals surface area contributed by atoms with Crippen LogP contribution >= 0.6 is 11.6 Å². The molecule has 3 nitrogen and oxygen atoms in total. The number of rotatable bonds is 3. The fraction of sp³-hybridized carbons (Fsp3) is 0.250. The number of aryl methyl sites for hydroxylation is 1. The van der Waals surface area contributed by atoms with Crippen molar-refractivity contribution in [2.75, 3.05) is 0 Å². The molecular formula is C12H13ClN2O. The van der Waals surface area contributed by atoms with Crippen LogP contribution in [0.1, 0.15) is 22.9 Å². The minimum absolute atomic E-state index is 0.181. The Morgan fingerprint density at radius 1 is 1.50 bits per heavy atom. The highest BCUT2D eigenvalue weighted by atomic mass is 35.5. The molecule has 0 aliphatic carbocycles. The van der Waals surface area contributed by atoms with Gasteiger partial charge in [0.1, 0.15) is 0 Å². The molecule has 0 aliphatic rings. The van der Waals surface area contributed by atoms with Gasteiger partial charge < -0.3 is 10.2 Å². The molecule has 0 aromatic carbocycles. The smallest absolute Gasteiger partial charge is 0.197 e. The summed E-state index contributed by atoms with van der Waals surface area (Å²) < 4.78 is 5.02. The van der Waals surface area contributed by atoms with E-state index in [1.54, 1.807) is 18.5 Å². The van der Waals surface area contributed by atoms with Crippen LogP contribution in [-0.4, -0.2) is 4.98 Å². The van der Waals surface area contributed by atoms with Gasteiger partial charge >= 0.3 is 0 Å². The monoisotopic (exact) mass is 236 g/mol. The maximum atomic E-state index is 6.06. The molecule has 0 bridgehead atoms. The lowest BCUT2D eigenvalue weighted by Crippen LogP contribution is -2.14. The number of pyridine rings is 1. The predicted octanol–water partition coefficient (Wildman–Crippen LogP) is 2.88. The zero-order valence-electron chi connectivity index (χ0n) is 8.98. The van der Waals surface area contributed by atoms with E-state index in [-0.39, 0.29) is 6.04 Å². The predicted molar refractivity (Wildman–Crippen MR) is 63.3 cm³/mol. The van der Waals surface area contributed by atoms with E-state index in [4.69, 9.17) is 21.8 Å². The number of nitrogens with zero attached hydrogens (tertiary/aromatic N) is 1. The molecule has 16 heavy (non-hydrogen) atoms. The van der Waals surface area contributed by atoms with Gasteiger partial charge in [-0.25, -0.2) is 0 Å². The van der Waals surface area contributed by atoms with Gasteiger partial charge in [0, 0.05) is 29.9 Å². The minimum Gasteiger partial charge on any atom is -0.453 e. The highest BCUT2D eigenvalue weighted by Gasteiger charge is 2.14. The van der Waals surface area contributed by atoms with E-state index in [2.05, 4.69) is 4.98 Å². The number of furan rings is 1. The van der Waals surface area contributed by atoms with Crippen molar-refractivity contribution in [3.8, 4) is 0 Å². The van der Waals surface area contributed by atoms with Gasteiger partial charge in [-0.1, -0.05) is 6.07 Å². The van der Waals surface area contributed by atoms with Crippen molar-refractivity contribution in [3.63, 3.8) is 0 Å². The fourth-order valence-electron chi connectivity index (χ4n) is 1.62. The molecule has 1 atom stereocenters. The van der Waals surface area contributed by atoms with E-state index in [0.717, 1.165) is 16.8 Å². The summed E-state index contributed by atoms with van der Waals surface area (Å²) in [6.07, 6.45) is 3.97. The molecule has 2 heterocycles. The van der Waals surface area contributed by atoms with Crippen molar-refractivity contribution >= 4 is 11.6 Å². The average molecular weight is 237 g/mol. The van der Waals surface area contributed by atoms with Gasteiger partial charge in [-0.2, -0.15) is 0 Å². The lowest BCUT2D eigenvalue weighted by Gasteiger charge is -2.11. The van der Waals surface area contributed by atoms with Gasteiger partial charge in [0.25, 0.3) is 0 Å². The van der Waals surface area contributed by atoms with Gasteiger partial charge in [-0.05, 0) is 36.2 Å². The van der Waals surface area contributed by atoms with E-state index in [0.29, 0.717) is 11.6 Å². The van der Waals surface area contributed by atoms with Crippen molar-refractivity contribution in [2.45, 2.75) is 19.4 Å². The van der Waals surface area contributed by atoms with Gasteiger partial charge in [-0.15, -0.1) is 0 Å². The zero-order valence-corrected chi connectivity index (χ0v) is 9.74. The molecule has 2 rings (SSSR count). The molecule has 0 spiro atoms. The summed E-state index contributed by atoms with van der Waals surface area (Å²) in [5.41, 5.74) is 9.01. The molecule has 0 fully saturated rings. The molecule has 2 aromatic rings. The first-order valence-electron chi connectivity index (χ1n) is 5.07. The highest BCUT2D eigenvalue weighted by Crippen LogP contribution is 2.25. The standard InChI is InChI=1S/C12H13ClN2O/c1-8-3-2-5-15-11(8)7-10(14)9-4-6-16-12(9)13/h2-6,10H,7,14H2,1H3. The summed E-state index contributed by atoms with van der Waals surface area (Å²) in [6, 6.07) is 5.55. The Balaban J connectivity index is 2.17. The Bertz CT molecular complexity index is 481. The summed E-state index contributed by atoms with van der Waals surface area (Å²) in [6.45, 7) is 2.02. The quantitative estimate of drug-likeness (QED) is 0.892. The molecule has 2 N–H and O–H groups in total. The number of aromatic nitrogens is 1. The second kappa shape index (κ2) is 4.68. The van der Waals surface area contributed by atoms with Crippen LogP contribution in [0.2, 0.25) is 5.22 Å². The Labute approximate surface area is 99.2 Å². The topological polar surface area (TPSA) is 52.0 Å². The number of nitrogens with two attached hydrogens (primary N) is 1. The molecule has 1 unspecified atom stereocenters. The number of hydrogen-bond acceptors (Lipinski definition) is 3. The normalized spacial score (nSPS) is 12.7. The van der Waals surface area contributed by atoms with Crippen molar-refractivity contribution in [2.24, 2.45) is 5.73 Å². The zero-order chi connectivity index (χ0) is 11.5. The van der Waals surface area contributed by atoms with Gasteiger partial charge in [0.2, 0.25) is 0 Å². The minimum atomic E-state index is -0.181. The number of halogens is 1. The third-order valence-electron chi connectivity index (χ3n) is 2.58. The summed E-state index contributed by atoms with van der Waals surface area (Å²) in [5.74, 6) is 0. The van der Waals surface area contributed by atoms with Crippen LogP contribution in [0.4, 0.5) is 0 Å². The molecule has 0 radical (unpaired) electrons. The van der Waals surface area contributed by atoms with E-state index >= 15 is 0 Å². The van der Waals surface area contributed by atoms with Crippen molar-refractivity contribution in [1.82, 2.24) is 4.98 Å². The van der Waals surface area contributed by atoms with Crippen LogP contribution < -0.4 is 5.73 Å². The average Bonchev–Trinajstić information content (AvgIpc) is 2.68. The molecule has 0 saturated heterocycles. The fourth-order valence-corrected chi connectivity index (χ4v) is 1.87. The van der Waals surface area contributed by atoms with Gasteiger partial charge in [-0.3, -0.25) is 4.98 Å². The van der Waals surface area contributed by atoms with Crippen LogP contribution in [0.15, 0.2) is 35.1 Å². The lowest BCUT2D eigenvalue weighted by atomic mass is 10.0. The van der Waals surface area contributed by atoms with Gasteiger partial charge in [0.15, 0.2) is 5.22 Å². The second-order valence-corrected chi connectivity index (χ2v) is 4.07. The maximum Gasteiger partial charge on any atom is 0.197 e. The Hall–Kier alpha value is -1.32. The summed E-state index contributed by atoms with van der Waals surface area (Å²) in [5, 5.41) is 0.362. The van der Waals surface area contributed by atoms with Crippen molar-refractivity contribution in [3.05, 3.63) is 52.7 Å². The van der Waals surface area contributed by atoms with Crippen molar-refractivity contribution < 1.29 is 4.42 Å². The van der Waals surface area contributed by atoms with E-state index < -0.39 is 0 Å². The molecule has 4 heteroatoms. The second-order valence-electron chi connectivity index (χ2n) is 3.73. The van der Waals surface area contributed by atoms with Crippen LogP contribution in [0, 0.1) is 6.92 Å². The molecule has 2 aromatic heterocycles. The van der Waals surface area contributed by atoms with Crippen LogP contribution in [0.25, 0.3) is 0 Å². The van der Waals surface area contributed by atoms with E-state index in [1.807, 2.05) is 19.1 Å². The molecule has 0 saturated carbocycles. The summed E-state index contributed by atoms with van der Waals surface area (Å²) >= 11 is 5.87. The third kappa shape index (κ3) is 2.26. The Morgan fingerprint density at radius 3 is 2.94 bits per heavy atom. The van der Waals surface area contributed by atoms with Gasteiger partial charge in [0.05, 0.1) is 6.26 Å². The van der Waals surface area contributed by atoms with Crippen LogP contribution in [-0.2, 0) is 6.42 Å². The Morgan fingerprint density at radius 2 is 2.31 bits per heavy atom. The first-order chi connectivity index (χ1) is 7.68. The lowest BCUT2D eigenvalue weighted by molar-refractivity contribution is 0.560. The first-order valence-corrected chi connectivity index (χ1v) is 5.45. The highest BCUT2D eigenvalue weighted by molar-refractivity contribution is 6.29. The third-order valence-corrected chi connectivity index (χ3v) is 2.88. The molecule has 84 valence electrons. The SMILES string of the molecule is Cc1cccnc1CC(N)c1ccoc1Cl. The van der Waals surface area contributed by atoms with Crippen molar-refractivity contribution in [1.29, 1.82) is 0 Å².